The summed E-state index contributed by atoms with van der Waals surface area (Å²) in [6, 6.07) is 15.8. The summed E-state index contributed by atoms with van der Waals surface area (Å²) in [7, 11) is 0. The van der Waals surface area contributed by atoms with Gasteiger partial charge in [-0.15, -0.1) is 0 Å². The Kier molecular flexibility index (Phi) is 5.78. The van der Waals surface area contributed by atoms with Gasteiger partial charge in [-0.2, -0.15) is 0 Å². The summed E-state index contributed by atoms with van der Waals surface area (Å²) in [5.74, 6) is -2.83. The van der Waals surface area contributed by atoms with Crippen molar-refractivity contribution in [1.29, 1.82) is 0 Å². The normalized spacial score (nSPS) is 27.9. The highest BCUT2D eigenvalue weighted by Crippen LogP contribution is 2.39. The minimum atomic E-state index is -1.20. The molecule has 4 atom stereocenters. The van der Waals surface area contributed by atoms with Crippen LogP contribution in [0.2, 0.25) is 0 Å². The minimum absolute atomic E-state index is 0.0882. The van der Waals surface area contributed by atoms with Crippen LogP contribution in [0.15, 0.2) is 60.7 Å². The molecule has 0 bridgehead atoms. The van der Waals surface area contributed by atoms with Crippen molar-refractivity contribution in [2.24, 2.45) is 0 Å². The van der Waals surface area contributed by atoms with E-state index in [0.717, 1.165) is 11.1 Å². The lowest BCUT2D eigenvalue weighted by molar-refractivity contribution is -0.159. The van der Waals surface area contributed by atoms with Gasteiger partial charge in [-0.1, -0.05) is 60.7 Å². The van der Waals surface area contributed by atoms with Crippen molar-refractivity contribution in [3.05, 3.63) is 71.8 Å². The molecule has 0 radical (unpaired) electrons. The van der Waals surface area contributed by atoms with E-state index in [0.29, 0.717) is 0 Å². The average molecular weight is 480 g/mol. The Morgan fingerprint density at radius 3 is 1.40 bits per heavy atom. The zero-order chi connectivity index (χ0) is 24.7. The molecule has 3 heterocycles. The van der Waals surface area contributed by atoms with Crippen LogP contribution in [0.4, 0.5) is 9.59 Å². The Balaban J connectivity index is 1.47. The quantitative estimate of drug-likeness (QED) is 0.458. The van der Waals surface area contributed by atoms with Crippen molar-refractivity contribution >= 4 is 24.1 Å². The molecule has 0 spiro atoms. The van der Waals surface area contributed by atoms with E-state index in [4.69, 9.17) is 18.9 Å². The van der Waals surface area contributed by atoms with Crippen LogP contribution in [0.1, 0.15) is 25.0 Å². The third kappa shape index (κ3) is 4.38. The second kappa shape index (κ2) is 8.79. The first-order chi connectivity index (χ1) is 16.7. The van der Waals surface area contributed by atoms with Gasteiger partial charge in [-0.05, 0) is 25.0 Å². The minimum Gasteiger partial charge on any atom is -0.374 e. The van der Waals surface area contributed by atoms with E-state index in [-0.39, 0.29) is 13.1 Å². The van der Waals surface area contributed by atoms with E-state index >= 15 is 0 Å². The SMILES string of the molecule is CC1(C)O[C@@H]([C@H]2C(=O)OC(=O)N2Cc2ccccc2)[C@H]([C@H]2C(=O)OC(=O)N2Cc2ccccc2)O1. The molecule has 2 amide bonds. The molecule has 0 aliphatic carbocycles. The zero-order valence-corrected chi connectivity index (χ0v) is 19.2. The smallest absolute Gasteiger partial charge is 0.374 e. The van der Waals surface area contributed by atoms with Crippen molar-refractivity contribution in [2.45, 2.75) is 57.0 Å². The highest BCUT2D eigenvalue weighted by atomic mass is 16.8. The molecule has 5 rings (SSSR count). The van der Waals surface area contributed by atoms with Gasteiger partial charge >= 0.3 is 24.1 Å². The molecule has 182 valence electrons. The number of nitrogens with zero attached hydrogens (tertiary/aromatic N) is 2. The van der Waals surface area contributed by atoms with Gasteiger partial charge in [0.15, 0.2) is 17.9 Å². The van der Waals surface area contributed by atoms with Crippen molar-refractivity contribution in [1.82, 2.24) is 9.80 Å². The van der Waals surface area contributed by atoms with Crippen LogP contribution < -0.4 is 0 Å². The molecule has 0 unspecified atom stereocenters. The fraction of sp³-hybridized carbons (Fsp3) is 0.360. The number of hydrogen-bond donors (Lipinski definition) is 0. The second-order valence-corrected chi connectivity index (χ2v) is 9.06. The van der Waals surface area contributed by atoms with Crippen LogP contribution in [-0.2, 0) is 41.6 Å². The lowest BCUT2D eigenvalue weighted by Crippen LogP contribution is -2.55. The maximum absolute atomic E-state index is 12.8. The Hall–Kier alpha value is -3.76. The van der Waals surface area contributed by atoms with Crippen molar-refractivity contribution in [2.75, 3.05) is 0 Å². The molecule has 0 aromatic heterocycles. The van der Waals surface area contributed by atoms with Gasteiger partial charge in [0.1, 0.15) is 12.2 Å². The zero-order valence-electron chi connectivity index (χ0n) is 19.2. The van der Waals surface area contributed by atoms with Crippen molar-refractivity contribution < 1.29 is 38.1 Å². The van der Waals surface area contributed by atoms with Gasteiger partial charge in [-0.3, -0.25) is 9.80 Å². The molecule has 2 aromatic rings. The van der Waals surface area contributed by atoms with E-state index in [9.17, 15) is 19.2 Å². The molecule has 3 aliphatic heterocycles. The molecule has 3 fully saturated rings. The van der Waals surface area contributed by atoms with E-state index < -0.39 is 54.2 Å². The number of amides is 2. The predicted molar refractivity (Wildman–Crippen MR) is 118 cm³/mol. The second-order valence-electron chi connectivity index (χ2n) is 9.06. The molecule has 0 saturated carbocycles. The van der Waals surface area contributed by atoms with Crippen LogP contribution in [0, 0.1) is 0 Å². The van der Waals surface area contributed by atoms with Crippen LogP contribution in [-0.4, -0.2) is 64.0 Å². The summed E-state index contributed by atoms with van der Waals surface area (Å²) in [4.78, 5) is 53.4. The van der Waals surface area contributed by atoms with Crippen LogP contribution in [0.5, 0.6) is 0 Å². The molecule has 10 heteroatoms. The number of esters is 2. The van der Waals surface area contributed by atoms with Gasteiger partial charge < -0.3 is 18.9 Å². The molecule has 0 N–H and O–H groups in total. The monoisotopic (exact) mass is 480 g/mol. The first-order valence-electron chi connectivity index (χ1n) is 11.2. The first-order valence-corrected chi connectivity index (χ1v) is 11.2. The predicted octanol–water partition coefficient (Wildman–Crippen LogP) is 2.60. The van der Waals surface area contributed by atoms with Crippen molar-refractivity contribution in [3.63, 3.8) is 0 Å². The van der Waals surface area contributed by atoms with E-state index in [1.807, 2.05) is 60.7 Å². The molecule has 35 heavy (non-hydrogen) atoms. The Morgan fingerprint density at radius 1 is 0.657 bits per heavy atom. The molecular weight excluding hydrogens is 456 g/mol. The first kappa shape index (κ1) is 23.0. The van der Waals surface area contributed by atoms with Crippen LogP contribution in [0.3, 0.4) is 0 Å². The fourth-order valence-electron chi connectivity index (χ4n) is 4.71. The number of carbonyl (C=O) groups is 4. The highest BCUT2D eigenvalue weighted by Gasteiger charge is 2.61. The number of ether oxygens (including phenoxy) is 4. The van der Waals surface area contributed by atoms with E-state index in [2.05, 4.69) is 0 Å². The Labute approximate surface area is 201 Å². The van der Waals surface area contributed by atoms with Gasteiger partial charge in [0.2, 0.25) is 0 Å². The third-order valence-corrected chi connectivity index (χ3v) is 6.18. The van der Waals surface area contributed by atoms with Gasteiger partial charge in [0.05, 0.1) is 13.1 Å². The van der Waals surface area contributed by atoms with Crippen LogP contribution >= 0.6 is 0 Å². The summed E-state index contributed by atoms with van der Waals surface area (Å²) in [6.07, 6.45) is -3.81. The molecule has 10 nitrogen and oxygen atoms in total. The number of rotatable bonds is 6. The number of carbonyl (C=O) groups excluding carboxylic acids is 4. The maximum atomic E-state index is 12.8. The summed E-state index contributed by atoms with van der Waals surface area (Å²) >= 11 is 0. The maximum Gasteiger partial charge on any atom is 0.418 e. The van der Waals surface area contributed by atoms with E-state index in [1.165, 1.54) is 9.80 Å². The lowest BCUT2D eigenvalue weighted by atomic mass is 9.97. The van der Waals surface area contributed by atoms with Gasteiger partial charge in [0.25, 0.3) is 0 Å². The number of benzene rings is 2. The topological polar surface area (TPSA) is 112 Å². The van der Waals surface area contributed by atoms with Gasteiger partial charge in [0, 0.05) is 0 Å². The summed E-state index contributed by atoms with van der Waals surface area (Å²) in [5.41, 5.74) is 1.56. The third-order valence-electron chi connectivity index (χ3n) is 6.18. The Morgan fingerprint density at radius 2 is 1.03 bits per heavy atom. The Bertz CT molecular complexity index is 1060. The number of cyclic esters (lactones) is 4. The summed E-state index contributed by atoms with van der Waals surface area (Å²) in [6.45, 7) is 3.44. The average Bonchev–Trinajstić information content (AvgIpc) is 3.38. The molecule has 3 saturated heterocycles. The fourth-order valence-corrected chi connectivity index (χ4v) is 4.71. The van der Waals surface area contributed by atoms with Crippen molar-refractivity contribution in [3.8, 4) is 0 Å². The lowest BCUT2D eigenvalue weighted by Gasteiger charge is -2.31. The van der Waals surface area contributed by atoms with E-state index in [1.54, 1.807) is 13.8 Å². The molecule has 2 aromatic carbocycles. The van der Waals surface area contributed by atoms with Gasteiger partial charge in [-0.25, -0.2) is 19.2 Å². The summed E-state index contributed by atoms with van der Waals surface area (Å²) in [5, 5.41) is 0. The molecule has 3 aliphatic rings. The molecular formula is C25H24N2O8. The number of hydrogen-bond acceptors (Lipinski definition) is 8. The standard InChI is InChI=1S/C25H24N2O8/c1-25(2)34-19(17-21(28)32-23(30)26(17)13-15-9-5-3-6-10-15)20(35-25)18-22(29)33-24(31)27(18)14-16-11-7-4-8-12-16/h3-12,17-20H,13-14H2,1-2H3/t17-,18-,19-,20-/m0/s1. The highest BCUT2D eigenvalue weighted by molar-refractivity contribution is 5.97. The summed E-state index contributed by atoms with van der Waals surface area (Å²) < 4.78 is 22.0. The largest absolute Gasteiger partial charge is 0.418 e. The van der Waals surface area contributed by atoms with Crippen LogP contribution in [0.25, 0.3) is 0 Å².